The van der Waals surface area contributed by atoms with Crippen molar-refractivity contribution in [1.82, 2.24) is 0 Å². The van der Waals surface area contributed by atoms with Crippen molar-refractivity contribution in [1.29, 1.82) is 0 Å². The SMILES string of the molecule is C=C[C@]1(C)C[C@@H](O)[C@]2(C)C3=CCCC3(CCC2C)[C@@H](C)[C@@H]1O. The fourth-order valence-corrected chi connectivity index (χ4v) is 5.90. The lowest BCUT2D eigenvalue weighted by Crippen LogP contribution is -2.57. The van der Waals surface area contributed by atoms with Gasteiger partial charge in [0, 0.05) is 10.8 Å². The lowest BCUT2D eigenvalue weighted by molar-refractivity contribution is -0.118. The highest BCUT2D eigenvalue weighted by molar-refractivity contribution is 5.35. The van der Waals surface area contributed by atoms with Crippen LogP contribution in [0, 0.1) is 28.1 Å². The van der Waals surface area contributed by atoms with Crippen molar-refractivity contribution in [3.8, 4) is 0 Å². The van der Waals surface area contributed by atoms with Crippen molar-refractivity contribution >= 4 is 0 Å². The van der Waals surface area contributed by atoms with Crippen molar-refractivity contribution in [2.75, 3.05) is 0 Å². The van der Waals surface area contributed by atoms with E-state index in [4.69, 9.17) is 0 Å². The van der Waals surface area contributed by atoms with Gasteiger partial charge in [-0.3, -0.25) is 0 Å². The quantitative estimate of drug-likeness (QED) is 0.717. The molecule has 2 unspecified atom stereocenters. The Labute approximate surface area is 135 Å². The number of aliphatic hydroxyl groups excluding tert-OH is 2. The Morgan fingerprint density at radius 2 is 1.91 bits per heavy atom. The van der Waals surface area contributed by atoms with Gasteiger partial charge in [-0.25, -0.2) is 0 Å². The van der Waals surface area contributed by atoms with E-state index in [0.29, 0.717) is 12.3 Å². The molecule has 2 heteroatoms. The van der Waals surface area contributed by atoms with E-state index in [1.807, 2.05) is 6.08 Å². The first-order chi connectivity index (χ1) is 10.2. The fraction of sp³-hybridized carbons (Fsp3) is 0.800. The third-order valence-electron chi connectivity index (χ3n) is 7.92. The molecule has 0 aromatic carbocycles. The molecule has 0 radical (unpaired) electrons. The van der Waals surface area contributed by atoms with E-state index < -0.39 is 17.6 Å². The minimum Gasteiger partial charge on any atom is -0.392 e. The molecule has 0 amide bonds. The lowest BCUT2D eigenvalue weighted by Gasteiger charge is -2.60. The molecule has 124 valence electrons. The number of hydrogen-bond donors (Lipinski definition) is 2. The maximum Gasteiger partial charge on any atom is 0.0662 e. The van der Waals surface area contributed by atoms with Gasteiger partial charge in [-0.15, -0.1) is 6.58 Å². The Morgan fingerprint density at radius 1 is 1.23 bits per heavy atom. The monoisotopic (exact) mass is 304 g/mol. The average molecular weight is 304 g/mol. The average Bonchev–Trinajstić information content (AvgIpc) is 2.94. The maximum absolute atomic E-state index is 11.2. The van der Waals surface area contributed by atoms with Crippen molar-refractivity contribution in [3.05, 3.63) is 24.3 Å². The standard InChI is InChI=1S/C20H32O2/c1-6-18(4)12-16(21)19(5)13(2)9-11-20(14(3)17(18)22)10-7-8-15(19)20/h6,8,13-14,16-17,21-22H,1,7,9-12H2,2-5H3/t13?,14-,16+,17-,18+,19-,20?/m0/s1. The van der Waals surface area contributed by atoms with Gasteiger partial charge in [-0.1, -0.05) is 45.4 Å². The number of hydrogen-bond acceptors (Lipinski definition) is 2. The summed E-state index contributed by atoms with van der Waals surface area (Å²) in [7, 11) is 0. The third kappa shape index (κ3) is 1.80. The van der Waals surface area contributed by atoms with Crippen LogP contribution in [0.4, 0.5) is 0 Å². The van der Waals surface area contributed by atoms with E-state index >= 15 is 0 Å². The zero-order valence-electron chi connectivity index (χ0n) is 14.6. The van der Waals surface area contributed by atoms with Gasteiger partial charge in [0.25, 0.3) is 0 Å². The second kappa shape index (κ2) is 4.95. The first-order valence-corrected chi connectivity index (χ1v) is 8.93. The maximum atomic E-state index is 11.2. The molecule has 2 N–H and O–H groups in total. The summed E-state index contributed by atoms with van der Waals surface area (Å²) >= 11 is 0. The van der Waals surface area contributed by atoms with Crippen LogP contribution >= 0.6 is 0 Å². The molecule has 0 heterocycles. The van der Waals surface area contributed by atoms with Crippen molar-refractivity contribution in [3.63, 3.8) is 0 Å². The Hall–Kier alpha value is -0.600. The lowest BCUT2D eigenvalue weighted by atomic mass is 9.46. The predicted octanol–water partition coefficient (Wildman–Crippen LogP) is 4.08. The van der Waals surface area contributed by atoms with Gasteiger partial charge in [0.2, 0.25) is 0 Å². The molecular formula is C20H32O2. The smallest absolute Gasteiger partial charge is 0.0662 e. The first kappa shape index (κ1) is 16.3. The number of rotatable bonds is 1. The molecule has 22 heavy (non-hydrogen) atoms. The summed E-state index contributed by atoms with van der Waals surface area (Å²) in [6, 6.07) is 0. The summed E-state index contributed by atoms with van der Waals surface area (Å²) in [5.41, 5.74) is 0.946. The van der Waals surface area contributed by atoms with Crippen LogP contribution in [-0.4, -0.2) is 22.4 Å². The molecule has 2 saturated carbocycles. The van der Waals surface area contributed by atoms with E-state index in [2.05, 4.69) is 40.3 Å². The predicted molar refractivity (Wildman–Crippen MR) is 90.4 cm³/mol. The summed E-state index contributed by atoms with van der Waals surface area (Å²) < 4.78 is 0. The highest BCUT2D eigenvalue weighted by Gasteiger charge is 2.61. The van der Waals surface area contributed by atoms with Gasteiger partial charge in [-0.05, 0) is 49.4 Å². The minimum absolute atomic E-state index is 0.0757. The van der Waals surface area contributed by atoms with E-state index in [0.717, 1.165) is 25.7 Å². The summed E-state index contributed by atoms with van der Waals surface area (Å²) in [5, 5.41) is 22.3. The molecule has 0 aromatic rings. The molecule has 2 bridgehead atoms. The van der Waals surface area contributed by atoms with Gasteiger partial charge in [-0.2, -0.15) is 0 Å². The van der Waals surface area contributed by atoms with Crippen LogP contribution in [0.5, 0.6) is 0 Å². The molecule has 7 atom stereocenters. The summed E-state index contributed by atoms with van der Waals surface area (Å²) in [4.78, 5) is 0. The first-order valence-electron chi connectivity index (χ1n) is 8.93. The van der Waals surface area contributed by atoms with Crippen LogP contribution in [-0.2, 0) is 0 Å². The van der Waals surface area contributed by atoms with Crippen LogP contribution in [0.15, 0.2) is 24.3 Å². The van der Waals surface area contributed by atoms with E-state index in [1.54, 1.807) is 0 Å². The van der Waals surface area contributed by atoms with E-state index in [9.17, 15) is 10.2 Å². The summed E-state index contributed by atoms with van der Waals surface area (Å²) in [5.74, 6) is 0.694. The topological polar surface area (TPSA) is 40.5 Å². The van der Waals surface area contributed by atoms with E-state index in [-0.39, 0.29) is 16.7 Å². The van der Waals surface area contributed by atoms with Gasteiger partial charge in [0.05, 0.1) is 12.2 Å². The minimum atomic E-state index is -0.445. The number of aliphatic hydroxyl groups is 2. The largest absolute Gasteiger partial charge is 0.392 e. The molecule has 0 saturated heterocycles. The molecule has 0 spiro atoms. The summed E-state index contributed by atoms with van der Waals surface area (Å²) in [6.07, 6.45) is 8.50. The highest BCUT2D eigenvalue weighted by Crippen LogP contribution is 2.66. The molecule has 0 aliphatic heterocycles. The van der Waals surface area contributed by atoms with Gasteiger partial charge in [0.1, 0.15) is 0 Å². The molecular weight excluding hydrogens is 272 g/mol. The highest BCUT2D eigenvalue weighted by atomic mass is 16.3. The molecule has 3 rings (SSSR count). The molecule has 3 aliphatic rings. The molecule has 2 fully saturated rings. The Balaban J connectivity index is 2.19. The van der Waals surface area contributed by atoms with Gasteiger partial charge >= 0.3 is 0 Å². The third-order valence-corrected chi connectivity index (χ3v) is 7.92. The molecule has 3 aliphatic carbocycles. The molecule has 2 nitrogen and oxygen atoms in total. The Morgan fingerprint density at radius 3 is 2.55 bits per heavy atom. The normalized spacial score (nSPS) is 54.9. The molecule has 0 aromatic heterocycles. The van der Waals surface area contributed by atoms with Crippen LogP contribution < -0.4 is 0 Å². The van der Waals surface area contributed by atoms with Crippen LogP contribution in [0.25, 0.3) is 0 Å². The Kier molecular flexibility index (Phi) is 3.66. The van der Waals surface area contributed by atoms with Crippen molar-refractivity contribution in [2.24, 2.45) is 28.1 Å². The van der Waals surface area contributed by atoms with Crippen LogP contribution in [0.3, 0.4) is 0 Å². The van der Waals surface area contributed by atoms with Crippen molar-refractivity contribution in [2.45, 2.75) is 72.0 Å². The van der Waals surface area contributed by atoms with Gasteiger partial charge < -0.3 is 10.2 Å². The zero-order chi connectivity index (χ0) is 16.3. The summed E-state index contributed by atoms with van der Waals surface area (Å²) in [6.45, 7) is 12.8. The van der Waals surface area contributed by atoms with Crippen molar-refractivity contribution < 1.29 is 10.2 Å². The van der Waals surface area contributed by atoms with Gasteiger partial charge in [0.15, 0.2) is 0 Å². The second-order valence-corrected chi connectivity index (χ2v) is 8.70. The van der Waals surface area contributed by atoms with Crippen LogP contribution in [0.1, 0.15) is 59.8 Å². The van der Waals surface area contributed by atoms with E-state index in [1.165, 1.54) is 5.57 Å². The second-order valence-electron chi connectivity index (χ2n) is 8.70. The number of allylic oxidation sites excluding steroid dienone is 1. The van der Waals surface area contributed by atoms with Crippen LogP contribution in [0.2, 0.25) is 0 Å². The fourth-order valence-electron chi connectivity index (χ4n) is 5.90. The Bertz CT molecular complexity index is 510. The zero-order valence-corrected chi connectivity index (χ0v) is 14.6.